The summed E-state index contributed by atoms with van der Waals surface area (Å²) in [5, 5.41) is 9.15. The van der Waals surface area contributed by atoms with E-state index in [-0.39, 0.29) is 0 Å². The van der Waals surface area contributed by atoms with Gasteiger partial charge in [0.2, 0.25) is 0 Å². The Morgan fingerprint density at radius 1 is 0.291 bits per heavy atom. The Hall–Kier alpha value is -7.43. The molecule has 0 radical (unpaired) electrons. The van der Waals surface area contributed by atoms with Gasteiger partial charge in [-0.2, -0.15) is 0 Å². The highest BCUT2D eigenvalue weighted by Gasteiger charge is 2.20. The van der Waals surface area contributed by atoms with Crippen LogP contribution < -0.4 is 0 Å². The third-order valence-corrected chi connectivity index (χ3v) is 10.7. The molecule has 256 valence electrons. The molecular formula is C51H31N3O. The van der Waals surface area contributed by atoms with Crippen LogP contribution in [0.4, 0.5) is 0 Å². The second kappa shape index (κ2) is 12.6. The molecule has 0 unspecified atom stereocenters. The first-order chi connectivity index (χ1) is 27.2. The Morgan fingerprint density at radius 3 is 1.73 bits per heavy atom. The van der Waals surface area contributed by atoms with Crippen molar-refractivity contribution in [1.29, 1.82) is 0 Å². The highest BCUT2D eigenvalue weighted by molar-refractivity contribution is 6.14. The van der Waals surface area contributed by atoms with E-state index in [0.717, 1.165) is 66.3 Å². The van der Waals surface area contributed by atoms with Crippen LogP contribution in [0.15, 0.2) is 192 Å². The zero-order chi connectivity index (χ0) is 36.3. The maximum Gasteiger partial charge on any atom is 0.164 e. The summed E-state index contributed by atoms with van der Waals surface area (Å²) in [6, 6.07) is 65.8. The van der Waals surface area contributed by atoms with Crippen molar-refractivity contribution in [1.82, 2.24) is 15.0 Å². The molecule has 2 heterocycles. The summed E-state index contributed by atoms with van der Waals surface area (Å²) >= 11 is 0. The van der Waals surface area contributed by atoms with Gasteiger partial charge in [0.15, 0.2) is 17.5 Å². The number of hydrogen-bond acceptors (Lipinski definition) is 4. The second-order valence-corrected chi connectivity index (χ2v) is 14.0. The fourth-order valence-corrected chi connectivity index (χ4v) is 7.93. The van der Waals surface area contributed by atoms with Gasteiger partial charge in [-0.15, -0.1) is 0 Å². The minimum atomic E-state index is 0.586. The average molecular weight is 702 g/mol. The summed E-state index contributed by atoms with van der Waals surface area (Å²) < 4.78 is 6.61. The Kier molecular flexibility index (Phi) is 7.14. The molecule has 0 aliphatic heterocycles. The monoisotopic (exact) mass is 701 g/mol. The molecule has 0 fully saturated rings. The van der Waals surface area contributed by atoms with Crippen molar-refractivity contribution in [2.75, 3.05) is 0 Å². The highest BCUT2D eigenvalue weighted by Crippen LogP contribution is 2.41. The van der Waals surface area contributed by atoms with E-state index in [1.54, 1.807) is 0 Å². The van der Waals surface area contributed by atoms with Gasteiger partial charge in [0.25, 0.3) is 0 Å². The van der Waals surface area contributed by atoms with Crippen molar-refractivity contribution in [3.05, 3.63) is 188 Å². The first kappa shape index (κ1) is 31.1. The van der Waals surface area contributed by atoms with Gasteiger partial charge < -0.3 is 4.42 Å². The van der Waals surface area contributed by atoms with Crippen LogP contribution in [0.5, 0.6) is 0 Å². The van der Waals surface area contributed by atoms with Crippen molar-refractivity contribution < 1.29 is 4.42 Å². The van der Waals surface area contributed by atoms with E-state index in [4.69, 9.17) is 19.4 Å². The standard InChI is InChI=1S/C51H31N3O/c1-2-11-32(12-3-1)37-16-10-17-39(27-37)49-52-50(40-26-21-33-13-4-5-15-36(33)28-40)54-51(53-49)45-30-41(31-47-48(45)43-19-8-9-20-46(43)55-47)38-25-24-35-23-22-34-14-6-7-18-42(34)44(35)29-38/h1-31H. The second-order valence-electron chi connectivity index (χ2n) is 14.0. The van der Waals surface area contributed by atoms with Gasteiger partial charge in [0.1, 0.15) is 11.2 Å². The van der Waals surface area contributed by atoms with Crippen LogP contribution in [0.25, 0.3) is 111 Å². The normalized spacial score (nSPS) is 11.6. The molecule has 11 aromatic rings. The predicted octanol–water partition coefficient (Wildman–Crippen LogP) is 13.6. The third-order valence-electron chi connectivity index (χ3n) is 10.7. The molecule has 0 N–H and O–H groups in total. The zero-order valence-corrected chi connectivity index (χ0v) is 29.6. The van der Waals surface area contributed by atoms with Crippen LogP contribution in [0.3, 0.4) is 0 Å². The van der Waals surface area contributed by atoms with Crippen molar-refractivity contribution in [2.24, 2.45) is 0 Å². The number of fused-ring (bicyclic) bond motifs is 7. The molecular weight excluding hydrogens is 671 g/mol. The number of nitrogens with zero attached hydrogens (tertiary/aromatic N) is 3. The Morgan fingerprint density at radius 2 is 0.873 bits per heavy atom. The zero-order valence-electron chi connectivity index (χ0n) is 29.6. The van der Waals surface area contributed by atoms with Gasteiger partial charge in [-0.25, -0.2) is 15.0 Å². The topological polar surface area (TPSA) is 51.8 Å². The predicted molar refractivity (Wildman–Crippen MR) is 227 cm³/mol. The quantitative estimate of drug-likeness (QED) is 0.168. The first-order valence-corrected chi connectivity index (χ1v) is 18.5. The fourth-order valence-electron chi connectivity index (χ4n) is 7.93. The number of hydrogen-bond donors (Lipinski definition) is 0. The first-order valence-electron chi connectivity index (χ1n) is 18.5. The SMILES string of the molecule is c1ccc(-c2cccc(-c3nc(-c4ccc5ccccc5c4)nc(-c4cc(-c5ccc6ccc7ccccc7c6c5)cc5oc6ccccc6c45)n3)c2)cc1. The Bertz CT molecular complexity index is 3270. The number of para-hydroxylation sites is 1. The summed E-state index contributed by atoms with van der Waals surface area (Å²) in [6.07, 6.45) is 0. The van der Waals surface area contributed by atoms with E-state index in [1.807, 2.05) is 18.2 Å². The minimum Gasteiger partial charge on any atom is -0.456 e. The molecule has 55 heavy (non-hydrogen) atoms. The average Bonchev–Trinajstić information content (AvgIpc) is 3.64. The van der Waals surface area contributed by atoms with E-state index in [0.29, 0.717) is 17.5 Å². The van der Waals surface area contributed by atoms with Crippen molar-refractivity contribution in [3.63, 3.8) is 0 Å². The van der Waals surface area contributed by atoms with Crippen LogP contribution in [0, 0.1) is 0 Å². The smallest absolute Gasteiger partial charge is 0.164 e. The molecule has 0 amide bonds. The summed E-state index contributed by atoms with van der Waals surface area (Å²) in [5.41, 5.74) is 8.68. The maximum atomic E-state index is 6.61. The number of rotatable bonds is 5. The lowest BCUT2D eigenvalue weighted by Crippen LogP contribution is -2.01. The summed E-state index contributed by atoms with van der Waals surface area (Å²) in [6.45, 7) is 0. The maximum absolute atomic E-state index is 6.61. The summed E-state index contributed by atoms with van der Waals surface area (Å²) in [7, 11) is 0. The van der Waals surface area contributed by atoms with Gasteiger partial charge in [0, 0.05) is 27.5 Å². The molecule has 2 aromatic heterocycles. The van der Waals surface area contributed by atoms with Crippen LogP contribution >= 0.6 is 0 Å². The van der Waals surface area contributed by atoms with Crippen molar-refractivity contribution >= 4 is 54.3 Å². The molecule has 0 aliphatic carbocycles. The van der Waals surface area contributed by atoms with Gasteiger partial charge in [-0.05, 0) is 91.0 Å². The molecule has 4 nitrogen and oxygen atoms in total. The molecule has 4 heteroatoms. The van der Waals surface area contributed by atoms with Crippen LogP contribution in [0.2, 0.25) is 0 Å². The van der Waals surface area contributed by atoms with Crippen molar-refractivity contribution in [2.45, 2.75) is 0 Å². The lowest BCUT2D eigenvalue weighted by Gasteiger charge is -2.12. The van der Waals surface area contributed by atoms with E-state index in [1.165, 1.54) is 26.9 Å². The Balaban J connectivity index is 1.17. The molecule has 0 bridgehead atoms. The van der Waals surface area contributed by atoms with E-state index in [9.17, 15) is 0 Å². The number of furan rings is 1. The highest BCUT2D eigenvalue weighted by atomic mass is 16.3. The van der Waals surface area contributed by atoms with Gasteiger partial charge >= 0.3 is 0 Å². The van der Waals surface area contributed by atoms with Gasteiger partial charge in [0.05, 0.1) is 0 Å². The van der Waals surface area contributed by atoms with Crippen molar-refractivity contribution in [3.8, 4) is 56.4 Å². The third kappa shape index (κ3) is 5.43. The fraction of sp³-hybridized carbons (Fsp3) is 0. The number of benzene rings is 9. The van der Waals surface area contributed by atoms with Gasteiger partial charge in [-0.3, -0.25) is 0 Å². The molecule has 0 aliphatic rings. The summed E-state index contributed by atoms with van der Waals surface area (Å²) in [5.74, 6) is 1.80. The molecule has 0 saturated heterocycles. The summed E-state index contributed by atoms with van der Waals surface area (Å²) in [4.78, 5) is 15.7. The molecule has 0 atom stereocenters. The lowest BCUT2D eigenvalue weighted by molar-refractivity contribution is 0.669. The number of aromatic nitrogens is 3. The van der Waals surface area contributed by atoms with Gasteiger partial charge in [-0.1, -0.05) is 152 Å². The minimum absolute atomic E-state index is 0.586. The largest absolute Gasteiger partial charge is 0.456 e. The lowest BCUT2D eigenvalue weighted by atomic mass is 9.94. The van der Waals surface area contributed by atoms with Crippen LogP contribution in [0.1, 0.15) is 0 Å². The van der Waals surface area contributed by atoms with Crippen LogP contribution in [-0.4, -0.2) is 15.0 Å². The van der Waals surface area contributed by atoms with Crippen LogP contribution in [-0.2, 0) is 0 Å². The molecule has 0 spiro atoms. The van der Waals surface area contributed by atoms with E-state index >= 15 is 0 Å². The van der Waals surface area contributed by atoms with E-state index in [2.05, 4.69) is 170 Å². The molecule has 0 saturated carbocycles. The molecule has 11 rings (SSSR count). The van der Waals surface area contributed by atoms with E-state index < -0.39 is 0 Å². The Labute approximate surface area is 317 Å². The molecule has 9 aromatic carbocycles.